The first-order chi connectivity index (χ1) is 15.8. The number of ether oxygens (including phenoxy) is 3. The molecule has 0 radical (unpaired) electrons. The first kappa shape index (κ1) is 24.2. The number of hydrogen-bond donors (Lipinski definition) is 1. The second kappa shape index (κ2) is 10.9. The van der Waals surface area contributed by atoms with Crippen LogP contribution in [0.15, 0.2) is 66.7 Å². The maximum Gasteiger partial charge on any atom is 0.255 e. The Balaban J connectivity index is 1.72. The molecule has 33 heavy (non-hydrogen) atoms. The summed E-state index contributed by atoms with van der Waals surface area (Å²) in [6.45, 7) is 11.8. The third kappa shape index (κ3) is 6.75. The SMILES string of the molecule is CCOc1ccc(NC(=O)c2ccc(OCC)c(COc3ccc(C(C)(C)C)cc3)c2)cc1. The van der Waals surface area contributed by atoms with Gasteiger partial charge in [-0.2, -0.15) is 0 Å². The second-order valence-electron chi connectivity index (χ2n) is 8.73. The number of nitrogens with one attached hydrogen (secondary N) is 1. The highest BCUT2D eigenvalue weighted by atomic mass is 16.5. The van der Waals surface area contributed by atoms with Crippen LogP contribution in [-0.4, -0.2) is 19.1 Å². The molecule has 5 heteroatoms. The maximum absolute atomic E-state index is 12.8. The highest BCUT2D eigenvalue weighted by Crippen LogP contribution is 2.27. The van der Waals surface area contributed by atoms with E-state index < -0.39 is 0 Å². The van der Waals surface area contributed by atoms with Crippen LogP contribution >= 0.6 is 0 Å². The molecule has 0 unspecified atom stereocenters. The highest BCUT2D eigenvalue weighted by Gasteiger charge is 2.14. The van der Waals surface area contributed by atoms with E-state index in [2.05, 4.69) is 38.2 Å². The second-order valence-corrected chi connectivity index (χ2v) is 8.73. The predicted octanol–water partition coefficient (Wildman–Crippen LogP) is 6.61. The van der Waals surface area contributed by atoms with Crippen LogP contribution in [0.2, 0.25) is 0 Å². The Morgan fingerprint density at radius 1 is 0.788 bits per heavy atom. The van der Waals surface area contributed by atoms with Crippen molar-refractivity contribution in [1.29, 1.82) is 0 Å². The van der Waals surface area contributed by atoms with Crippen LogP contribution in [0.25, 0.3) is 0 Å². The molecule has 0 bridgehead atoms. The summed E-state index contributed by atoms with van der Waals surface area (Å²) in [7, 11) is 0. The first-order valence-electron chi connectivity index (χ1n) is 11.3. The number of hydrogen-bond acceptors (Lipinski definition) is 4. The highest BCUT2D eigenvalue weighted by molar-refractivity contribution is 6.04. The normalized spacial score (nSPS) is 11.1. The van der Waals surface area contributed by atoms with Gasteiger partial charge in [0, 0.05) is 16.8 Å². The van der Waals surface area contributed by atoms with E-state index in [0.29, 0.717) is 36.8 Å². The van der Waals surface area contributed by atoms with Gasteiger partial charge in [-0.25, -0.2) is 0 Å². The summed E-state index contributed by atoms with van der Waals surface area (Å²) in [5, 5.41) is 2.92. The van der Waals surface area contributed by atoms with Gasteiger partial charge in [-0.1, -0.05) is 32.9 Å². The quantitative estimate of drug-likeness (QED) is 0.401. The molecule has 3 aromatic rings. The fourth-order valence-electron chi connectivity index (χ4n) is 3.35. The fraction of sp³-hybridized carbons (Fsp3) is 0.321. The van der Waals surface area contributed by atoms with Gasteiger partial charge in [-0.05, 0) is 79.4 Å². The summed E-state index contributed by atoms with van der Waals surface area (Å²) in [6.07, 6.45) is 0. The van der Waals surface area contributed by atoms with Crippen molar-refractivity contribution in [3.05, 3.63) is 83.4 Å². The van der Waals surface area contributed by atoms with Gasteiger partial charge in [-0.3, -0.25) is 4.79 Å². The minimum absolute atomic E-state index is 0.0890. The Morgan fingerprint density at radius 3 is 2.00 bits per heavy atom. The van der Waals surface area contributed by atoms with Crippen LogP contribution < -0.4 is 19.5 Å². The summed E-state index contributed by atoms with van der Waals surface area (Å²) < 4.78 is 17.2. The van der Waals surface area contributed by atoms with E-state index in [0.717, 1.165) is 17.1 Å². The zero-order chi connectivity index (χ0) is 23.8. The smallest absolute Gasteiger partial charge is 0.255 e. The zero-order valence-corrected chi connectivity index (χ0v) is 20.1. The van der Waals surface area contributed by atoms with E-state index in [-0.39, 0.29) is 11.3 Å². The molecule has 174 valence electrons. The van der Waals surface area contributed by atoms with Gasteiger partial charge in [0.1, 0.15) is 23.9 Å². The Kier molecular flexibility index (Phi) is 7.99. The van der Waals surface area contributed by atoms with Gasteiger partial charge in [0.15, 0.2) is 0 Å². The molecule has 5 nitrogen and oxygen atoms in total. The molecule has 0 aliphatic heterocycles. The van der Waals surface area contributed by atoms with Crippen LogP contribution in [0.4, 0.5) is 5.69 Å². The van der Waals surface area contributed by atoms with Crippen LogP contribution in [0, 0.1) is 0 Å². The Labute approximate surface area is 196 Å². The average molecular weight is 448 g/mol. The van der Waals surface area contributed by atoms with Crippen molar-refractivity contribution >= 4 is 11.6 Å². The molecule has 0 aliphatic carbocycles. The van der Waals surface area contributed by atoms with Crippen LogP contribution in [0.1, 0.15) is 56.1 Å². The minimum Gasteiger partial charge on any atom is -0.494 e. The monoisotopic (exact) mass is 447 g/mol. The molecular weight excluding hydrogens is 414 g/mol. The molecule has 3 rings (SSSR count). The van der Waals surface area contributed by atoms with Gasteiger partial charge >= 0.3 is 0 Å². The van der Waals surface area contributed by atoms with Crippen molar-refractivity contribution in [2.75, 3.05) is 18.5 Å². The van der Waals surface area contributed by atoms with Crippen molar-refractivity contribution in [2.45, 2.75) is 46.6 Å². The predicted molar refractivity (Wildman–Crippen MR) is 133 cm³/mol. The summed E-state index contributed by atoms with van der Waals surface area (Å²) in [5.41, 5.74) is 3.39. The third-order valence-electron chi connectivity index (χ3n) is 5.16. The van der Waals surface area contributed by atoms with E-state index in [9.17, 15) is 4.79 Å². The Morgan fingerprint density at radius 2 is 1.39 bits per heavy atom. The summed E-state index contributed by atoms with van der Waals surface area (Å²) in [4.78, 5) is 12.8. The number of carbonyl (C=O) groups excluding carboxylic acids is 1. The fourth-order valence-corrected chi connectivity index (χ4v) is 3.35. The van der Waals surface area contributed by atoms with E-state index in [1.54, 1.807) is 6.07 Å². The lowest BCUT2D eigenvalue weighted by molar-refractivity contribution is 0.102. The lowest BCUT2D eigenvalue weighted by Crippen LogP contribution is -2.13. The third-order valence-corrected chi connectivity index (χ3v) is 5.16. The number of benzene rings is 3. The summed E-state index contributed by atoms with van der Waals surface area (Å²) in [6, 6.07) is 20.8. The molecule has 0 atom stereocenters. The molecule has 0 fully saturated rings. The number of carbonyl (C=O) groups is 1. The van der Waals surface area contributed by atoms with Gasteiger partial charge in [-0.15, -0.1) is 0 Å². The lowest BCUT2D eigenvalue weighted by atomic mass is 9.87. The molecule has 0 aliphatic rings. The number of anilines is 1. The van der Waals surface area contributed by atoms with Crippen molar-refractivity contribution < 1.29 is 19.0 Å². The van der Waals surface area contributed by atoms with E-state index in [4.69, 9.17) is 14.2 Å². The van der Waals surface area contributed by atoms with Crippen LogP contribution in [0.3, 0.4) is 0 Å². The van der Waals surface area contributed by atoms with Crippen LogP contribution in [0.5, 0.6) is 17.2 Å². The number of amides is 1. The Bertz CT molecular complexity index is 1050. The largest absolute Gasteiger partial charge is 0.494 e. The van der Waals surface area contributed by atoms with Crippen molar-refractivity contribution in [3.63, 3.8) is 0 Å². The van der Waals surface area contributed by atoms with Gasteiger partial charge in [0.05, 0.1) is 13.2 Å². The van der Waals surface area contributed by atoms with Crippen molar-refractivity contribution in [2.24, 2.45) is 0 Å². The molecule has 1 N–H and O–H groups in total. The molecule has 0 spiro atoms. The molecule has 0 saturated heterocycles. The minimum atomic E-state index is -0.196. The zero-order valence-electron chi connectivity index (χ0n) is 20.1. The standard InChI is InChI=1S/C28H33NO4/c1-6-31-24-15-11-23(12-16-24)29-27(30)20-8-17-26(32-7-2)21(18-20)19-33-25-13-9-22(10-14-25)28(3,4)5/h8-18H,6-7,19H2,1-5H3,(H,29,30). The van der Waals surface area contributed by atoms with E-state index in [1.807, 2.05) is 62.4 Å². The topological polar surface area (TPSA) is 56.8 Å². The van der Waals surface area contributed by atoms with Crippen molar-refractivity contribution in [3.8, 4) is 17.2 Å². The lowest BCUT2D eigenvalue weighted by Gasteiger charge is -2.19. The molecule has 0 heterocycles. The molecule has 0 saturated carbocycles. The van der Waals surface area contributed by atoms with E-state index >= 15 is 0 Å². The molecule has 3 aromatic carbocycles. The summed E-state index contributed by atoms with van der Waals surface area (Å²) in [5.74, 6) is 2.06. The van der Waals surface area contributed by atoms with Crippen LogP contribution in [-0.2, 0) is 12.0 Å². The summed E-state index contributed by atoms with van der Waals surface area (Å²) >= 11 is 0. The molecule has 0 aromatic heterocycles. The van der Waals surface area contributed by atoms with E-state index in [1.165, 1.54) is 5.56 Å². The molecular formula is C28H33NO4. The van der Waals surface area contributed by atoms with Gasteiger partial charge in [0.2, 0.25) is 0 Å². The van der Waals surface area contributed by atoms with Gasteiger partial charge < -0.3 is 19.5 Å². The number of rotatable bonds is 9. The maximum atomic E-state index is 12.8. The van der Waals surface area contributed by atoms with Crippen molar-refractivity contribution in [1.82, 2.24) is 0 Å². The molecule has 1 amide bonds. The average Bonchev–Trinajstić information content (AvgIpc) is 2.79. The van der Waals surface area contributed by atoms with Gasteiger partial charge in [0.25, 0.3) is 5.91 Å². The first-order valence-corrected chi connectivity index (χ1v) is 11.3. The Hall–Kier alpha value is -3.47.